The Balaban J connectivity index is 0.000000130. The predicted octanol–water partition coefficient (Wildman–Crippen LogP) is 29.1. The zero-order valence-corrected chi connectivity index (χ0v) is 65.3. The van der Waals surface area contributed by atoms with Crippen LogP contribution in [0.25, 0.3) is 246 Å². The molecule has 0 spiro atoms. The van der Waals surface area contributed by atoms with Crippen molar-refractivity contribution in [3.63, 3.8) is 0 Å². The second-order valence-corrected chi connectivity index (χ2v) is 32.7. The van der Waals surface area contributed by atoms with Gasteiger partial charge in [-0.15, -0.1) is 11.3 Å². The van der Waals surface area contributed by atoms with Gasteiger partial charge in [-0.25, -0.2) is 19.9 Å². The van der Waals surface area contributed by atoms with Crippen molar-refractivity contribution in [2.45, 2.75) is 0 Å². The van der Waals surface area contributed by atoms with Crippen molar-refractivity contribution in [1.29, 1.82) is 0 Å². The average Bonchev–Trinajstić information content (AvgIpc) is 1.55. The number of thiophene rings is 1. The molecule has 0 aliphatic heterocycles. The van der Waals surface area contributed by atoms with Gasteiger partial charge in [0, 0.05) is 102 Å². The highest BCUT2D eigenvalue weighted by molar-refractivity contribution is 7.25. The Hall–Kier alpha value is -15.9. The number of aromatic nitrogens is 9. The molecule has 0 N–H and O–H groups in total. The topological polar surface area (TPSA) is 76.2 Å². The largest absolute Gasteiger partial charge is 0.309 e. The summed E-state index contributed by atoms with van der Waals surface area (Å²) >= 11 is 1.83. The molecule has 0 unspecified atom stereocenters. The maximum atomic E-state index is 5.52. The molecule has 0 aliphatic carbocycles. The number of para-hydroxylation sites is 10. The molecule has 27 aromatic rings. The molecule has 0 aliphatic rings. The first-order valence-electron chi connectivity index (χ1n) is 40.8. The Morgan fingerprint density at radius 2 is 0.533 bits per heavy atom. The number of hydrogen-bond donors (Lipinski definition) is 0. The van der Waals surface area contributed by atoms with Gasteiger partial charge >= 0.3 is 0 Å². The molecule has 0 fully saturated rings. The van der Waals surface area contributed by atoms with E-state index in [1.54, 1.807) is 0 Å². The standard InChI is InChI=1S/C58H35N5.C52H30N4S/c1-2-15-40(16-3-1)61-50-23-11-6-18-43(50)45-30-27-38(34-54(45)61)57-58(60-49-22-10-9-21-48(49)59-57)63-51-24-12-7-19-44(51)47-33-37-26-29-41(32-39(37)35-55(47)63)62-52-25-13-8-20-46(52)56-42-17-5-4-14-36(42)28-31-53(56)62;1-2-12-36-31(11-1)23-26-46-50(36)40-15-4-9-19-45(40)55(46)35-24-21-32-28-41-37-13-3-8-18-44(37)56(47(41)29-34(32)27-35)52-51(53-42-16-6-7-17-43(42)54-52)33-22-25-39-38-14-5-10-20-48(38)57-49(39)30-33/h1-35H;1-30H. The van der Waals surface area contributed by atoms with Crippen LogP contribution in [0.2, 0.25) is 0 Å². The van der Waals surface area contributed by atoms with Gasteiger partial charge in [-0.05, 0) is 189 Å². The lowest BCUT2D eigenvalue weighted by molar-refractivity contribution is 1.08. The Kier molecular flexibility index (Phi) is 14.3. The molecule has 19 aromatic carbocycles. The van der Waals surface area contributed by atoms with Crippen LogP contribution in [-0.4, -0.2) is 42.8 Å². The molecule has 0 amide bonds. The van der Waals surface area contributed by atoms with Gasteiger partial charge in [0.25, 0.3) is 0 Å². The molecular formula is C110H65N9S. The second-order valence-electron chi connectivity index (χ2n) is 31.6. The quantitative estimate of drug-likeness (QED) is 0.159. The second kappa shape index (κ2) is 25.8. The van der Waals surface area contributed by atoms with Gasteiger partial charge in [0.1, 0.15) is 11.4 Å². The van der Waals surface area contributed by atoms with Crippen molar-refractivity contribution in [3.05, 3.63) is 394 Å². The van der Waals surface area contributed by atoms with E-state index in [1.165, 1.54) is 134 Å². The molecule has 27 rings (SSSR count). The van der Waals surface area contributed by atoms with E-state index in [1.807, 2.05) is 35.6 Å². The van der Waals surface area contributed by atoms with Crippen LogP contribution in [0, 0.1) is 0 Å². The first-order valence-corrected chi connectivity index (χ1v) is 41.6. The summed E-state index contributed by atoms with van der Waals surface area (Å²) in [6, 6.07) is 143. The zero-order valence-electron chi connectivity index (χ0n) is 64.5. The molecule has 0 atom stereocenters. The van der Waals surface area contributed by atoms with Crippen LogP contribution in [0.4, 0.5) is 0 Å². The van der Waals surface area contributed by atoms with Gasteiger partial charge in [0.2, 0.25) is 0 Å². The molecule has 120 heavy (non-hydrogen) atoms. The fourth-order valence-electron chi connectivity index (χ4n) is 19.7. The van der Waals surface area contributed by atoms with Gasteiger partial charge in [-0.1, -0.05) is 249 Å². The molecule has 8 heterocycles. The van der Waals surface area contributed by atoms with Gasteiger partial charge in [-0.3, -0.25) is 9.13 Å². The Morgan fingerprint density at radius 3 is 1.05 bits per heavy atom. The van der Waals surface area contributed by atoms with Gasteiger partial charge in [0.05, 0.1) is 77.2 Å². The minimum absolute atomic E-state index is 0.798. The van der Waals surface area contributed by atoms with Gasteiger partial charge in [-0.2, -0.15) is 0 Å². The third-order valence-electron chi connectivity index (χ3n) is 25.0. The summed E-state index contributed by atoms with van der Waals surface area (Å²) in [5.41, 5.74) is 22.0. The fourth-order valence-corrected chi connectivity index (χ4v) is 20.8. The summed E-state index contributed by atoms with van der Waals surface area (Å²) in [5.74, 6) is 1.62. The first kappa shape index (κ1) is 66.4. The number of nitrogens with zero attached hydrogens (tertiary/aromatic N) is 9. The normalized spacial score (nSPS) is 12.2. The van der Waals surface area contributed by atoms with Crippen molar-refractivity contribution in [2.24, 2.45) is 0 Å². The Morgan fingerprint density at radius 1 is 0.175 bits per heavy atom. The Bertz CT molecular complexity index is 9090. The van der Waals surface area contributed by atoms with E-state index in [0.717, 1.165) is 112 Å². The lowest BCUT2D eigenvalue weighted by Crippen LogP contribution is -2.04. The van der Waals surface area contributed by atoms with E-state index in [4.69, 9.17) is 19.9 Å². The molecule has 556 valence electrons. The molecule has 10 heteroatoms. The number of benzene rings is 19. The highest BCUT2D eigenvalue weighted by Crippen LogP contribution is 2.47. The van der Waals surface area contributed by atoms with E-state index in [0.29, 0.717) is 0 Å². The minimum atomic E-state index is 0.798. The van der Waals surface area contributed by atoms with E-state index < -0.39 is 0 Å². The molecule has 8 aromatic heterocycles. The van der Waals surface area contributed by atoms with Gasteiger partial charge < -0.3 is 13.7 Å². The van der Waals surface area contributed by atoms with Gasteiger partial charge in [0.15, 0.2) is 11.6 Å². The van der Waals surface area contributed by atoms with E-state index in [2.05, 4.69) is 393 Å². The predicted molar refractivity (Wildman–Crippen MR) is 505 cm³/mol. The Labute approximate surface area is 689 Å². The van der Waals surface area contributed by atoms with E-state index >= 15 is 0 Å². The van der Waals surface area contributed by atoms with Crippen LogP contribution in [0.5, 0.6) is 0 Å². The lowest BCUT2D eigenvalue weighted by Gasteiger charge is -2.15. The summed E-state index contributed by atoms with van der Waals surface area (Å²) in [7, 11) is 0. The summed E-state index contributed by atoms with van der Waals surface area (Å²) in [5, 5.41) is 24.5. The maximum absolute atomic E-state index is 5.52. The SMILES string of the molecule is c1ccc(-n2c3ccccc3c3ccc(-c4nc5ccccc5nc4-n4c5ccccc5c5cc6ccc(-n7c8ccccc8c8c9ccccc9ccc87)cc6cc54)cc32)cc1.c1ccc2c(c1)ccc1c2c2ccccc2n1-c1ccc2cc3c4ccccc4n(-c4nc5ccccc5nc4-c4ccc5c(c4)sc4ccccc45)c3cc2c1. The molecule has 9 nitrogen and oxygen atoms in total. The summed E-state index contributed by atoms with van der Waals surface area (Å²) in [6.07, 6.45) is 0. The van der Waals surface area contributed by atoms with Crippen LogP contribution in [-0.2, 0) is 0 Å². The van der Waals surface area contributed by atoms with Crippen molar-refractivity contribution in [1.82, 2.24) is 42.8 Å². The maximum Gasteiger partial charge on any atom is 0.165 e. The van der Waals surface area contributed by atoms with Crippen LogP contribution in [0.15, 0.2) is 394 Å². The van der Waals surface area contributed by atoms with Crippen molar-refractivity contribution in [2.75, 3.05) is 0 Å². The number of rotatable bonds is 7. The van der Waals surface area contributed by atoms with Crippen molar-refractivity contribution < 1.29 is 0 Å². The molecule has 0 saturated heterocycles. The van der Waals surface area contributed by atoms with E-state index in [9.17, 15) is 0 Å². The van der Waals surface area contributed by atoms with Crippen molar-refractivity contribution in [3.8, 4) is 51.2 Å². The van der Waals surface area contributed by atoms with E-state index in [-0.39, 0.29) is 0 Å². The first-order chi connectivity index (χ1) is 59.5. The molecular weight excluding hydrogens is 1480 g/mol. The molecule has 0 bridgehead atoms. The van der Waals surface area contributed by atoms with Crippen LogP contribution >= 0.6 is 11.3 Å². The average molecular weight is 1540 g/mol. The summed E-state index contributed by atoms with van der Waals surface area (Å²) in [4.78, 5) is 21.8. The third-order valence-corrected chi connectivity index (χ3v) is 26.1. The lowest BCUT2D eigenvalue weighted by atomic mass is 10.0. The molecule has 0 radical (unpaired) electrons. The molecule has 0 saturated carbocycles. The smallest absolute Gasteiger partial charge is 0.165 e. The highest BCUT2D eigenvalue weighted by atomic mass is 32.1. The number of fused-ring (bicyclic) bond motifs is 26. The van der Waals surface area contributed by atoms with Crippen LogP contribution in [0.3, 0.4) is 0 Å². The number of hydrogen-bond acceptors (Lipinski definition) is 5. The highest BCUT2D eigenvalue weighted by Gasteiger charge is 2.26. The minimum Gasteiger partial charge on any atom is -0.309 e. The zero-order chi connectivity index (χ0) is 78.4. The fraction of sp³-hybridized carbons (Fsp3) is 0. The summed E-state index contributed by atoms with van der Waals surface area (Å²) < 4.78 is 14.4. The van der Waals surface area contributed by atoms with Crippen LogP contribution in [0.1, 0.15) is 0 Å². The third kappa shape index (κ3) is 9.94. The summed E-state index contributed by atoms with van der Waals surface area (Å²) in [6.45, 7) is 0. The van der Waals surface area contributed by atoms with Crippen LogP contribution < -0.4 is 0 Å². The monoisotopic (exact) mass is 1540 g/mol. The van der Waals surface area contributed by atoms with Crippen molar-refractivity contribution >= 4 is 206 Å².